The summed E-state index contributed by atoms with van der Waals surface area (Å²) in [6.07, 6.45) is 3.52. The van der Waals surface area contributed by atoms with Gasteiger partial charge in [0.15, 0.2) is 0 Å². The lowest BCUT2D eigenvalue weighted by Crippen LogP contribution is -1.77. The maximum absolute atomic E-state index is 9.06. The van der Waals surface area contributed by atoms with Gasteiger partial charge in [-0.1, -0.05) is 24.3 Å². The van der Waals surface area contributed by atoms with E-state index in [9.17, 15) is 0 Å². The van der Waals surface area contributed by atoms with Crippen LogP contribution < -0.4 is 0 Å². The number of allylic oxidation sites excluding steroid dienone is 1. The van der Waals surface area contributed by atoms with Crippen molar-refractivity contribution < 1.29 is 5.11 Å². The third-order valence-corrected chi connectivity index (χ3v) is 1.60. The summed E-state index contributed by atoms with van der Waals surface area (Å²) in [5, 5.41) is 9.06. The second kappa shape index (κ2) is 1.87. The van der Waals surface area contributed by atoms with E-state index in [-0.39, 0.29) is 0 Å². The molecule has 0 aliphatic heterocycles. The van der Waals surface area contributed by atoms with Crippen LogP contribution in [-0.4, -0.2) is 5.11 Å². The van der Waals surface area contributed by atoms with Crippen LogP contribution in [0.4, 0.5) is 0 Å². The van der Waals surface area contributed by atoms with Gasteiger partial charge in [0.2, 0.25) is 0 Å². The fourth-order valence-corrected chi connectivity index (χ4v) is 1.13. The summed E-state index contributed by atoms with van der Waals surface area (Å²) in [5.74, 6) is 0.348. The molecule has 0 aromatic heterocycles. The summed E-state index contributed by atoms with van der Waals surface area (Å²) in [7, 11) is 0. The smallest absolute Gasteiger partial charge is 0.101 e. The van der Waals surface area contributed by atoms with Crippen LogP contribution in [0.1, 0.15) is 11.1 Å². The van der Waals surface area contributed by atoms with Gasteiger partial charge in [-0.25, -0.2) is 0 Å². The van der Waals surface area contributed by atoms with Crippen molar-refractivity contribution in [2.45, 2.75) is 0 Å². The number of hydrogen-bond acceptors (Lipinski definition) is 1. The fraction of sp³-hybridized carbons (Fsp3) is 0. The third kappa shape index (κ3) is 0.711. The van der Waals surface area contributed by atoms with E-state index < -0.39 is 0 Å². The maximum atomic E-state index is 9.06. The van der Waals surface area contributed by atoms with E-state index in [1.54, 1.807) is 12.5 Å². The minimum atomic E-state index is 0.348. The second-order valence-electron chi connectivity index (χ2n) is 2.34. The van der Waals surface area contributed by atoms with Crippen molar-refractivity contribution in [2.24, 2.45) is 0 Å². The van der Waals surface area contributed by atoms with Crippen LogP contribution in [0.2, 0.25) is 0 Å². The largest absolute Gasteiger partial charge is 0.512 e. The zero-order chi connectivity index (χ0) is 6.97. The Hall–Kier alpha value is -1.24. The van der Waals surface area contributed by atoms with E-state index in [4.69, 9.17) is 5.11 Å². The van der Waals surface area contributed by atoms with E-state index in [2.05, 4.69) is 0 Å². The molecule has 1 aliphatic rings. The van der Waals surface area contributed by atoms with Crippen LogP contribution in [0.25, 0.3) is 6.08 Å². The molecule has 0 saturated heterocycles. The first-order valence-electron chi connectivity index (χ1n) is 3.21. The molecule has 49 valence electrons. The Morgan fingerprint density at radius 1 is 1.00 bits per heavy atom. The molecule has 0 amide bonds. The minimum Gasteiger partial charge on any atom is -0.512 e. The first kappa shape index (κ1) is 5.54. The van der Waals surface area contributed by atoms with Gasteiger partial charge < -0.3 is 5.11 Å². The van der Waals surface area contributed by atoms with E-state index in [0.29, 0.717) is 5.76 Å². The normalized spacial score (nSPS) is 14.6. The Kier molecular flexibility index (Phi) is 1.04. The summed E-state index contributed by atoms with van der Waals surface area (Å²) in [5.41, 5.74) is 2.19. The van der Waals surface area contributed by atoms with Gasteiger partial charge in [0, 0.05) is 0 Å². The Labute approximate surface area is 59.6 Å². The molecule has 0 bridgehead atoms. The molecule has 1 heteroatoms. The van der Waals surface area contributed by atoms with Gasteiger partial charge in [0.25, 0.3) is 0 Å². The van der Waals surface area contributed by atoms with Crippen molar-refractivity contribution in [3.8, 4) is 0 Å². The zero-order valence-corrected chi connectivity index (χ0v) is 5.41. The average Bonchev–Trinajstić information content (AvgIpc) is 2.27. The third-order valence-electron chi connectivity index (χ3n) is 1.60. The second-order valence-corrected chi connectivity index (χ2v) is 2.34. The Bertz CT molecular complexity index is 287. The Balaban J connectivity index is 2.54. The van der Waals surface area contributed by atoms with Crippen molar-refractivity contribution in [2.75, 3.05) is 0 Å². The summed E-state index contributed by atoms with van der Waals surface area (Å²) < 4.78 is 0. The first-order chi connectivity index (χ1) is 4.86. The molecule has 10 heavy (non-hydrogen) atoms. The number of aliphatic hydroxyl groups is 1. The van der Waals surface area contributed by atoms with Crippen molar-refractivity contribution >= 4 is 6.08 Å². The topological polar surface area (TPSA) is 20.2 Å². The molecule has 0 heterocycles. The average molecular weight is 131 g/mol. The molecule has 0 fully saturated rings. The van der Waals surface area contributed by atoms with Gasteiger partial charge in [-0.05, 0) is 17.2 Å². The lowest BCUT2D eigenvalue weighted by molar-refractivity contribution is 0.431. The van der Waals surface area contributed by atoms with Gasteiger partial charge in [0.05, 0.1) is 6.42 Å². The van der Waals surface area contributed by atoms with Gasteiger partial charge in [-0.15, -0.1) is 0 Å². The van der Waals surface area contributed by atoms with Crippen LogP contribution in [0, 0.1) is 6.42 Å². The van der Waals surface area contributed by atoms with Crippen LogP contribution in [0.15, 0.2) is 30.0 Å². The summed E-state index contributed by atoms with van der Waals surface area (Å²) in [6, 6.07) is 7.88. The molecule has 0 saturated carbocycles. The number of fused-ring (bicyclic) bond motifs is 1. The highest BCUT2D eigenvalue weighted by molar-refractivity contribution is 5.66. The van der Waals surface area contributed by atoms with Crippen molar-refractivity contribution in [3.05, 3.63) is 47.6 Å². The maximum Gasteiger partial charge on any atom is 0.101 e. The van der Waals surface area contributed by atoms with E-state index in [1.165, 1.54) is 0 Å². The predicted molar refractivity (Wildman–Crippen MR) is 40.4 cm³/mol. The van der Waals surface area contributed by atoms with Crippen LogP contribution in [0.3, 0.4) is 0 Å². The van der Waals surface area contributed by atoms with E-state index in [0.717, 1.165) is 11.1 Å². The molecule has 0 unspecified atom stereocenters. The fourth-order valence-electron chi connectivity index (χ4n) is 1.13. The highest BCUT2D eigenvalue weighted by Gasteiger charge is 2.09. The molecule has 1 nitrogen and oxygen atoms in total. The first-order valence-corrected chi connectivity index (χ1v) is 3.21. The number of benzene rings is 1. The van der Waals surface area contributed by atoms with Gasteiger partial charge in [-0.3, -0.25) is 0 Å². The summed E-state index contributed by atoms with van der Waals surface area (Å²) in [6.45, 7) is 0. The highest BCUT2D eigenvalue weighted by Crippen LogP contribution is 2.23. The number of rotatable bonds is 0. The van der Waals surface area contributed by atoms with Gasteiger partial charge in [0.1, 0.15) is 5.76 Å². The van der Waals surface area contributed by atoms with Crippen LogP contribution in [-0.2, 0) is 0 Å². The van der Waals surface area contributed by atoms with Crippen molar-refractivity contribution in [3.63, 3.8) is 0 Å². The van der Waals surface area contributed by atoms with Crippen molar-refractivity contribution in [1.29, 1.82) is 0 Å². The Morgan fingerprint density at radius 3 is 2.40 bits per heavy atom. The predicted octanol–water partition coefficient (Wildman–Crippen LogP) is 2.15. The molecule has 2 rings (SSSR count). The number of hydrogen-bond donors (Lipinski definition) is 1. The zero-order valence-electron chi connectivity index (χ0n) is 5.41. The Morgan fingerprint density at radius 2 is 1.70 bits per heavy atom. The SMILES string of the molecule is OC1=Cc2ccccc2[CH]1. The molecule has 1 aromatic rings. The van der Waals surface area contributed by atoms with Crippen LogP contribution >= 0.6 is 0 Å². The monoisotopic (exact) mass is 131 g/mol. The van der Waals surface area contributed by atoms with Gasteiger partial charge >= 0.3 is 0 Å². The molecule has 1 aliphatic carbocycles. The lowest BCUT2D eigenvalue weighted by Gasteiger charge is -1.92. The molecule has 1 N–H and O–H groups in total. The van der Waals surface area contributed by atoms with E-state index >= 15 is 0 Å². The number of aliphatic hydroxyl groups excluding tert-OH is 1. The van der Waals surface area contributed by atoms with E-state index in [1.807, 2.05) is 24.3 Å². The molecule has 1 aromatic carbocycles. The van der Waals surface area contributed by atoms with Crippen LogP contribution in [0.5, 0.6) is 0 Å². The minimum absolute atomic E-state index is 0.348. The summed E-state index contributed by atoms with van der Waals surface area (Å²) in [4.78, 5) is 0. The molecule has 1 radical (unpaired) electrons. The van der Waals surface area contributed by atoms with Crippen molar-refractivity contribution in [1.82, 2.24) is 0 Å². The molecule has 0 spiro atoms. The highest BCUT2D eigenvalue weighted by atomic mass is 16.3. The lowest BCUT2D eigenvalue weighted by atomic mass is 10.1. The molecular weight excluding hydrogens is 124 g/mol. The molecule has 0 atom stereocenters. The summed E-state index contributed by atoms with van der Waals surface area (Å²) >= 11 is 0. The standard InChI is InChI=1S/C9H7O/c10-9-5-7-3-1-2-4-8(7)6-9/h1-6,10H. The molecular formula is C9H7O. The quantitative estimate of drug-likeness (QED) is 0.572. The van der Waals surface area contributed by atoms with Gasteiger partial charge in [-0.2, -0.15) is 0 Å².